The number of aliphatic hydroxyl groups excluding tert-OH is 1. The second-order valence-electron chi connectivity index (χ2n) is 3.69. The van der Waals surface area contributed by atoms with E-state index in [9.17, 15) is 4.79 Å². The molecule has 7 nitrogen and oxygen atoms in total. The molecule has 0 aliphatic heterocycles. The van der Waals surface area contributed by atoms with E-state index in [4.69, 9.17) is 5.11 Å². The van der Waals surface area contributed by atoms with Gasteiger partial charge in [-0.3, -0.25) is 4.79 Å². The smallest absolute Gasteiger partial charge is 0.224 e. The van der Waals surface area contributed by atoms with Crippen LogP contribution in [0.2, 0.25) is 0 Å². The second-order valence-corrected chi connectivity index (χ2v) is 3.69. The number of nitrogens with one attached hydrogen (secondary N) is 2. The van der Waals surface area contributed by atoms with E-state index in [1.807, 2.05) is 6.07 Å². The number of hydrogen-bond acceptors (Lipinski definition) is 5. The molecule has 94 valence electrons. The molecule has 0 bridgehead atoms. The molecule has 2 aromatic rings. The first-order valence-electron chi connectivity index (χ1n) is 5.54. The van der Waals surface area contributed by atoms with Gasteiger partial charge in [0.25, 0.3) is 0 Å². The molecule has 0 saturated carbocycles. The van der Waals surface area contributed by atoms with Crippen molar-refractivity contribution in [2.75, 3.05) is 11.9 Å². The van der Waals surface area contributed by atoms with Gasteiger partial charge in [0, 0.05) is 24.3 Å². The molecule has 1 heterocycles. The number of amides is 1. The van der Waals surface area contributed by atoms with Crippen molar-refractivity contribution >= 4 is 11.6 Å². The molecule has 0 aliphatic rings. The Balaban J connectivity index is 2.06. The van der Waals surface area contributed by atoms with Crippen LogP contribution in [0.5, 0.6) is 0 Å². The Labute approximate surface area is 103 Å². The first-order valence-corrected chi connectivity index (χ1v) is 5.54. The third kappa shape index (κ3) is 3.11. The molecule has 0 radical (unpaired) electrons. The SMILES string of the molecule is O=C(CCCO)Nc1cccc(-c2nn[nH]n2)c1. The predicted molar refractivity (Wildman–Crippen MR) is 64.6 cm³/mol. The van der Waals surface area contributed by atoms with Crippen LogP contribution in [0, 0.1) is 0 Å². The number of hydrogen-bond donors (Lipinski definition) is 3. The number of tetrazole rings is 1. The van der Waals surface area contributed by atoms with Crippen molar-refractivity contribution in [2.45, 2.75) is 12.8 Å². The maximum atomic E-state index is 11.5. The fraction of sp³-hybridized carbons (Fsp3) is 0.273. The van der Waals surface area contributed by atoms with Crippen LogP contribution >= 0.6 is 0 Å². The third-order valence-electron chi connectivity index (χ3n) is 2.31. The van der Waals surface area contributed by atoms with Gasteiger partial charge in [-0.15, -0.1) is 10.2 Å². The first-order chi connectivity index (χ1) is 8.79. The summed E-state index contributed by atoms with van der Waals surface area (Å²) in [5.41, 5.74) is 1.43. The van der Waals surface area contributed by atoms with Gasteiger partial charge in [-0.2, -0.15) is 5.21 Å². The molecule has 0 spiro atoms. The van der Waals surface area contributed by atoms with Gasteiger partial charge in [0.1, 0.15) is 0 Å². The molecule has 18 heavy (non-hydrogen) atoms. The summed E-state index contributed by atoms with van der Waals surface area (Å²) in [5, 5.41) is 25.0. The van der Waals surface area contributed by atoms with Crippen LogP contribution in [0.4, 0.5) is 5.69 Å². The minimum absolute atomic E-state index is 0.0102. The van der Waals surface area contributed by atoms with Gasteiger partial charge < -0.3 is 10.4 Å². The van der Waals surface area contributed by atoms with E-state index < -0.39 is 0 Å². The van der Waals surface area contributed by atoms with Gasteiger partial charge in [0.2, 0.25) is 11.7 Å². The quantitative estimate of drug-likeness (QED) is 0.716. The Morgan fingerprint density at radius 2 is 2.33 bits per heavy atom. The predicted octanol–water partition coefficient (Wildman–Crippen LogP) is 0.578. The summed E-state index contributed by atoms with van der Waals surface area (Å²) >= 11 is 0. The van der Waals surface area contributed by atoms with E-state index in [-0.39, 0.29) is 12.5 Å². The highest BCUT2D eigenvalue weighted by Gasteiger charge is 2.05. The van der Waals surface area contributed by atoms with Crippen molar-refractivity contribution < 1.29 is 9.90 Å². The summed E-state index contributed by atoms with van der Waals surface area (Å²) in [5.74, 6) is 0.343. The number of rotatable bonds is 5. The average Bonchev–Trinajstić information content (AvgIpc) is 2.90. The fourth-order valence-electron chi connectivity index (χ4n) is 1.48. The largest absolute Gasteiger partial charge is 0.396 e. The van der Waals surface area contributed by atoms with E-state index in [0.717, 1.165) is 5.56 Å². The van der Waals surface area contributed by atoms with Crippen LogP contribution in [-0.4, -0.2) is 38.2 Å². The maximum absolute atomic E-state index is 11.5. The number of aromatic nitrogens is 4. The summed E-state index contributed by atoms with van der Waals surface area (Å²) in [6, 6.07) is 7.17. The number of carbonyl (C=O) groups is 1. The topological polar surface area (TPSA) is 104 Å². The first kappa shape index (κ1) is 12.2. The summed E-state index contributed by atoms with van der Waals surface area (Å²) in [6.07, 6.45) is 0.749. The van der Waals surface area contributed by atoms with Crippen molar-refractivity contribution in [1.82, 2.24) is 20.6 Å². The lowest BCUT2D eigenvalue weighted by Crippen LogP contribution is -2.11. The van der Waals surface area contributed by atoms with Gasteiger partial charge in [0.15, 0.2) is 0 Å². The molecule has 2 rings (SSSR count). The van der Waals surface area contributed by atoms with Gasteiger partial charge in [0.05, 0.1) is 0 Å². The van der Waals surface area contributed by atoms with Gasteiger partial charge in [-0.1, -0.05) is 12.1 Å². The second kappa shape index (κ2) is 5.87. The van der Waals surface area contributed by atoms with Crippen LogP contribution in [0.25, 0.3) is 11.4 Å². The zero-order chi connectivity index (χ0) is 12.8. The summed E-state index contributed by atoms with van der Waals surface area (Å²) < 4.78 is 0. The third-order valence-corrected chi connectivity index (χ3v) is 2.31. The minimum atomic E-state index is -0.130. The van der Waals surface area contributed by atoms with Gasteiger partial charge in [-0.25, -0.2) is 0 Å². The number of H-pyrrole nitrogens is 1. The number of anilines is 1. The van der Waals surface area contributed by atoms with Crippen molar-refractivity contribution in [2.24, 2.45) is 0 Å². The molecule has 0 fully saturated rings. The highest BCUT2D eigenvalue weighted by molar-refractivity contribution is 5.91. The lowest BCUT2D eigenvalue weighted by Gasteiger charge is -2.05. The summed E-state index contributed by atoms with van der Waals surface area (Å²) in [4.78, 5) is 11.5. The van der Waals surface area contributed by atoms with Crippen LogP contribution in [0.1, 0.15) is 12.8 Å². The van der Waals surface area contributed by atoms with Crippen molar-refractivity contribution in [1.29, 1.82) is 0 Å². The summed E-state index contributed by atoms with van der Waals surface area (Å²) in [6.45, 7) is 0.0102. The Kier molecular flexibility index (Phi) is 3.98. The zero-order valence-corrected chi connectivity index (χ0v) is 9.63. The standard InChI is InChI=1S/C11H13N5O2/c17-6-2-5-10(18)12-9-4-1-3-8(7-9)11-13-15-16-14-11/h1,3-4,7,17H,2,5-6H2,(H,12,18)(H,13,14,15,16). The molecule has 7 heteroatoms. The number of aromatic amines is 1. The number of carbonyl (C=O) groups excluding carboxylic acids is 1. The zero-order valence-electron chi connectivity index (χ0n) is 9.63. The normalized spacial score (nSPS) is 10.3. The Bertz CT molecular complexity index is 512. The lowest BCUT2D eigenvalue weighted by atomic mass is 10.2. The number of aliphatic hydroxyl groups is 1. The average molecular weight is 247 g/mol. The number of nitrogens with zero attached hydrogens (tertiary/aromatic N) is 3. The Morgan fingerprint density at radius 3 is 3.06 bits per heavy atom. The van der Waals surface area contributed by atoms with E-state index >= 15 is 0 Å². The molecule has 0 unspecified atom stereocenters. The molecule has 0 saturated heterocycles. The van der Waals surface area contributed by atoms with Crippen molar-refractivity contribution in [3.63, 3.8) is 0 Å². The lowest BCUT2D eigenvalue weighted by molar-refractivity contribution is -0.116. The highest BCUT2D eigenvalue weighted by Crippen LogP contribution is 2.18. The van der Waals surface area contributed by atoms with Crippen LogP contribution in [0.15, 0.2) is 24.3 Å². The molecule has 0 aliphatic carbocycles. The molecule has 1 amide bonds. The Hall–Kier alpha value is -2.28. The van der Waals surface area contributed by atoms with Crippen molar-refractivity contribution in [3.05, 3.63) is 24.3 Å². The number of benzene rings is 1. The fourth-order valence-corrected chi connectivity index (χ4v) is 1.48. The molecular weight excluding hydrogens is 234 g/mol. The minimum Gasteiger partial charge on any atom is -0.396 e. The summed E-state index contributed by atoms with van der Waals surface area (Å²) in [7, 11) is 0. The Morgan fingerprint density at radius 1 is 1.44 bits per heavy atom. The monoisotopic (exact) mass is 247 g/mol. The molecule has 1 aromatic heterocycles. The van der Waals surface area contributed by atoms with Gasteiger partial charge >= 0.3 is 0 Å². The molecule has 1 aromatic carbocycles. The van der Waals surface area contributed by atoms with Gasteiger partial charge in [-0.05, 0) is 23.8 Å². The van der Waals surface area contributed by atoms with Crippen molar-refractivity contribution in [3.8, 4) is 11.4 Å². The molecular formula is C11H13N5O2. The molecule has 3 N–H and O–H groups in total. The van der Waals surface area contributed by atoms with E-state index in [0.29, 0.717) is 24.4 Å². The maximum Gasteiger partial charge on any atom is 0.224 e. The van der Waals surface area contributed by atoms with E-state index in [2.05, 4.69) is 25.9 Å². The highest BCUT2D eigenvalue weighted by atomic mass is 16.3. The van der Waals surface area contributed by atoms with E-state index in [1.54, 1.807) is 18.2 Å². The van der Waals surface area contributed by atoms with E-state index in [1.165, 1.54) is 0 Å². The van der Waals surface area contributed by atoms with Crippen LogP contribution < -0.4 is 5.32 Å². The van der Waals surface area contributed by atoms with Crippen LogP contribution in [-0.2, 0) is 4.79 Å². The van der Waals surface area contributed by atoms with Crippen LogP contribution in [0.3, 0.4) is 0 Å². The molecule has 0 atom stereocenters.